The van der Waals surface area contributed by atoms with Gasteiger partial charge in [-0.05, 0) is 31.0 Å². The lowest BCUT2D eigenvalue weighted by atomic mass is 9.94. The molecule has 0 unspecified atom stereocenters. The molecule has 4 nitrogen and oxygen atoms in total. The summed E-state index contributed by atoms with van der Waals surface area (Å²) in [7, 11) is 7.32. The van der Waals surface area contributed by atoms with Crippen LogP contribution in [0, 0.1) is 13.8 Å². The number of rotatable bonds is 4. The van der Waals surface area contributed by atoms with Crippen LogP contribution in [0.15, 0.2) is 36.4 Å². The number of hydrogen-bond acceptors (Lipinski definition) is 2. The molecule has 0 bridgehead atoms. The van der Waals surface area contributed by atoms with E-state index in [1.54, 1.807) is 7.05 Å². The van der Waals surface area contributed by atoms with Crippen LogP contribution < -0.4 is 20.8 Å². The third-order valence-corrected chi connectivity index (χ3v) is 3.41. The summed E-state index contributed by atoms with van der Waals surface area (Å²) in [5.41, 5.74) is 4.37. The van der Waals surface area contributed by atoms with E-state index < -0.39 is 0 Å². The first kappa shape index (κ1) is 16.0. The molecule has 0 aliphatic heterocycles. The van der Waals surface area contributed by atoms with Crippen molar-refractivity contribution >= 4 is 25.0 Å². The number of aryl methyl sites for hydroxylation is 2. The predicted octanol–water partition coefficient (Wildman–Crippen LogP) is 2.43. The molecule has 112 valence electrons. The van der Waals surface area contributed by atoms with Crippen LogP contribution in [0.4, 0.5) is 10.5 Å². The van der Waals surface area contributed by atoms with Crippen LogP contribution in [0.3, 0.4) is 0 Å². The van der Waals surface area contributed by atoms with E-state index in [1.807, 2.05) is 50.2 Å². The molecule has 22 heavy (non-hydrogen) atoms. The van der Waals surface area contributed by atoms with E-state index in [-0.39, 0.29) is 6.03 Å². The standard InChI is InChI=1S/C17H19BN2O2/c1-11-5-4-6-13(16(11)20-17(21)19-3)10-22-15-8-7-14(18)9-12(15)2/h4-9H,10H2,1-3H3,(H2,19,20,21). The van der Waals surface area contributed by atoms with Crippen molar-refractivity contribution < 1.29 is 9.53 Å². The molecule has 0 spiro atoms. The van der Waals surface area contributed by atoms with Crippen LogP contribution in [-0.2, 0) is 6.61 Å². The first-order valence-corrected chi connectivity index (χ1v) is 7.07. The molecule has 0 fully saturated rings. The minimum absolute atomic E-state index is 0.251. The average Bonchev–Trinajstić information content (AvgIpc) is 2.49. The van der Waals surface area contributed by atoms with Crippen molar-refractivity contribution in [3.63, 3.8) is 0 Å². The fraction of sp³-hybridized carbons (Fsp3) is 0.235. The number of carbonyl (C=O) groups is 1. The third kappa shape index (κ3) is 3.82. The van der Waals surface area contributed by atoms with Crippen LogP contribution in [0.5, 0.6) is 5.75 Å². The second-order valence-electron chi connectivity index (χ2n) is 5.13. The Labute approximate surface area is 132 Å². The maximum atomic E-state index is 11.6. The number of amides is 2. The highest BCUT2D eigenvalue weighted by atomic mass is 16.5. The molecule has 2 aromatic rings. The van der Waals surface area contributed by atoms with E-state index >= 15 is 0 Å². The molecule has 0 saturated heterocycles. The van der Waals surface area contributed by atoms with Gasteiger partial charge in [0.25, 0.3) is 0 Å². The smallest absolute Gasteiger partial charge is 0.318 e. The van der Waals surface area contributed by atoms with Gasteiger partial charge in [-0.25, -0.2) is 4.79 Å². The van der Waals surface area contributed by atoms with Gasteiger partial charge in [0, 0.05) is 12.6 Å². The number of hydrogen-bond donors (Lipinski definition) is 2. The van der Waals surface area contributed by atoms with E-state index in [2.05, 4.69) is 10.6 Å². The highest BCUT2D eigenvalue weighted by Crippen LogP contribution is 2.23. The number of nitrogens with one attached hydrogen (secondary N) is 2. The summed E-state index contributed by atoms with van der Waals surface area (Å²) < 4.78 is 5.86. The monoisotopic (exact) mass is 294 g/mol. The molecule has 0 saturated carbocycles. The van der Waals surface area contributed by atoms with Crippen molar-refractivity contribution in [1.82, 2.24) is 5.32 Å². The quantitative estimate of drug-likeness (QED) is 0.851. The second kappa shape index (κ2) is 7.03. The second-order valence-corrected chi connectivity index (χ2v) is 5.13. The van der Waals surface area contributed by atoms with Gasteiger partial charge >= 0.3 is 6.03 Å². The molecule has 2 rings (SSSR count). The van der Waals surface area contributed by atoms with Gasteiger partial charge in [0.15, 0.2) is 0 Å². The van der Waals surface area contributed by atoms with Crippen LogP contribution in [0.1, 0.15) is 16.7 Å². The van der Waals surface area contributed by atoms with Gasteiger partial charge in [-0.2, -0.15) is 0 Å². The van der Waals surface area contributed by atoms with Gasteiger partial charge in [0.05, 0.1) is 5.69 Å². The Morgan fingerprint density at radius 2 is 1.95 bits per heavy atom. The highest BCUT2D eigenvalue weighted by molar-refractivity contribution is 6.32. The molecular formula is C17H19BN2O2. The maximum absolute atomic E-state index is 11.6. The number of ether oxygens (including phenoxy) is 1. The molecule has 5 heteroatoms. The normalized spacial score (nSPS) is 10.1. The van der Waals surface area contributed by atoms with Crippen molar-refractivity contribution in [2.45, 2.75) is 20.5 Å². The SMILES string of the molecule is [B]c1ccc(OCc2cccc(C)c2NC(=O)NC)c(C)c1. The predicted molar refractivity (Wildman–Crippen MR) is 90.2 cm³/mol. The summed E-state index contributed by atoms with van der Waals surface area (Å²) in [6, 6.07) is 11.1. The highest BCUT2D eigenvalue weighted by Gasteiger charge is 2.09. The zero-order valence-electron chi connectivity index (χ0n) is 13.1. The van der Waals surface area contributed by atoms with Crippen molar-refractivity contribution in [3.05, 3.63) is 53.1 Å². The molecule has 0 atom stereocenters. The number of para-hydroxylation sites is 1. The summed E-state index contributed by atoms with van der Waals surface area (Å²) in [5, 5.41) is 5.39. The first-order chi connectivity index (χ1) is 10.5. The molecule has 0 aliphatic carbocycles. The number of urea groups is 1. The molecule has 2 amide bonds. The molecule has 0 aromatic heterocycles. The molecule has 2 N–H and O–H groups in total. The van der Waals surface area contributed by atoms with Gasteiger partial charge < -0.3 is 15.4 Å². The average molecular weight is 294 g/mol. The summed E-state index contributed by atoms with van der Waals surface area (Å²) in [6.45, 7) is 4.26. The Balaban J connectivity index is 2.18. The minimum Gasteiger partial charge on any atom is -0.489 e. The zero-order chi connectivity index (χ0) is 16.1. The number of carbonyl (C=O) groups excluding carboxylic acids is 1. The van der Waals surface area contributed by atoms with Gasteiger partial charge in [0.1, 0.15) is 20.2 Å². The molecule has 2 radical (unpaired) electrons. The summed E-state index contributed by atoms with van der Waals surface area (Å²) >= 11 is 0. The van der Waals surface area contributed by atoms with E-state index in [0.717, 1.165) is 28.1 Å². The van der Waals surface area contributed by atoms with E-state index in [0.29, 0.717) is 12.1 Å². The summed E-state index contributed by atoms with van der Waals surface area (Å²) in [6.07, 6.45) is 0. The maximum Gasteiger partial charge on any atom is 0.318 e. The Morgan fingerprint density at radius 3 is 2.64 bits per heavy atom. The van der Waals surface area contributed by atoms with Crippen molar-refractivity contribution in [2.75, 3.05) is 12.4 Å². The van der Waals surface area contributed by atoms with E-state index in [4.69, 9.17) is 12.6 Å². The van der Waals surface area contributed by atoms with Crippen molar-refractivity contribution in [1.29, 1.82) is 0 Å². The van der Waals surface area contributed by atoms with Crippen molar-refractivity contribution in [3.8, 4) is 5.75 Å². The topological polar surface area (TPSA) is 50.4 Å². The first-order valence-electron chi connectivity index (χ1n) is 7.07. The molecule has 0 aliphatic rings. The Bertz CT molecular complexity index is 686. The number of anilines is 1. The van der Waals surface area contributed by atoms with Crippen LogP contribution >= 0.6 is 0 Å². The zero-order valence-corrected chi connectivity index (χ0v) is 13.1. The molecule has 0 heterocycles. The molecule has 2 aromatic carbocycles. The van der Waals surface area contributed by atoms with Gasteiger partial charge in [-0.15, -0.1) is 0 Å². The van der Waals surface area contributed by atoms with Crippen LogP contribution in [0.25, 0.3) is 0 Å². The number of benzene rings is 2. The van der Waals surface area contributed by atoms with Gasteiger partial charge in [-0.3, -0.25) is 0 Å². The Kier molecular flexibility index (Phi) is 5.10. The lowest BCUT2D eigenvalue weighted by Gasteiger charge is -2.15. The summed E-state index contributed by atoms with van der Waals surface area (Å²) in [5.74, 6) is 0.779. The largest absolute Gasteiger partial charge is 0.489 e. The van der Waals surface area contributed by atoms with Gasteiger partial charge in [-0.1, -0.05) is 35.8 Å². The lowest BCUT2D eigenvalue weighted by molar-refractivity contribution is 0.254. The van der Waals surface area contributed by atoms with E-state index in [1.165, 1.54) is 0 Å². The minimum atomic E-state index is -0.251. The van der Waals surface area contributed by atoms with E-state index in [9.17, 15) is 4.79 Å². The lowest BCUT2D eigenvalue weighted by Crippen LogP contribution is -2.25. The van der Waals surface area contributed by atoms with Crippen molar-refractivity contribution in [2.24, 2.45) is 0 Å². The fourth-order valence-corrected chi connectivity index (χ4v) is 2.19. The van der Waals surface area contributed by atoms with Crippen LogP contribution in [-0.4, -0.2) is 20.9 Å². The Hall–Kier alpha value is -2.43. The van der Waals surface area contributed by atoms with Gasteiger partial charge in [0.2, 0.25) is 0 Å². The fourth-order valence-electron chi connectivity index (χ4n) is 2.19. The van der Waals surface area contributed by atoms with Crippen LogP contribution in [0.2, 0.25) is 0 Å². The third-order valence-electron chi connectivity index (χ3n) is 3.41. The Morgan fingerprint density at radius 1 is 1.18 bits per heavy atom. The molecular weight excluding hydrogens is 275 g/mol. The summed E-state index contributed by atoms with van der Waals surface area (Å²) in [4.78, 5) is 11.6.